The van der Waals surface area contributed by atoms with Gasteiger partial charge in [0.2, 0.25) is 0 Å². The van der Waals surface area contributed by atoms with Crippen LogP contribution < -0.4 is 4.90 Å². The summed E-state index contributed by atoms with van der Waals surface area (Å²) in [4.78, 5) is 8.64. The molecule has 0 fully saturated rings. The maximum Gasteiger partial charge on any atom is 0.0801 e. The van der Waals surface area contributed by atoms with Crippen LogP contribution >= 0.6 is 0 Å². The lowest BCUT2D eigenvalue weighted by Gasteiger charge is -2.21. The van der Waals surface area contributed by atoms with Crippen molar-refractivity contribution in [2.45, 2.75) is 5.92 Å². The molecule has 0 aliphatic carbocycles. The first-order chi connectivity index (χ1) is 11.8. The molecule has 3 nitrogen and oxygen atoms in total. The molecular formula is C21H19N3. The summed E-state index contributed by atoms with van der Waals surface area (Å²) in [5.74, 6) is 5.44. The number of nitrogens with zero attached hydrogens (tertiary/aromatic N) is 1. The van der Waals surface area contributed by atoms with E-state index in [9.17, 15) is 0 Å². The van der Waals surface area contributed by atoms with Crippen molar-refractivity contribution >= 4 is 5.69 Å². The minimum absolute atomic E-state index is 0.137. The molecule has 0 unspecified atom stereocenters. The smallest absolute Gasteiger partial charge is 0.0801 e. The van der Waals surface area contributed by atoms with E-state index in [0.717, 1.165) is 17.1 Å². The Morgan fingerprint density at radius 2 is 1.38 bits per heavy atom. The summed E-state index contributed by atoms with van der Waals surface area (Å²) in [7, 11) is 0. The lowest BCUT2D eigenvalue weighted by molar-refractivity contribution is 0.895. The maximum absolute atomic E-state index is 5.43. The molecule has 3 heteroatoms. The zero-order chi connectivity index (χ0) is 16.8. The van der Waals surface area contributed by atoms with Gasteiger partial charge in [-0.3, -0.25) is 0 Å². The number of H-pyrrole nitrogens is 2. The molecule has 1 aromatic carbocycles. The number of terminal acetylenes is 2. The van der Waals surface area contributed by atoms with Crippen LogP contribution in [-0.4, -0.2) is 23.1 Å². The minimum Gasteiger partial charge on any atom is -0.364 e. The first-order valence-corrected chi connectivity index (χ1v) is 7.82. The Morgan fingerprint density at radius 1 is 0.833 bits per heavy atom. The Kier molecular flexibility index (Phi) is 4.75. The summed E-state index contributed by atoms with van der Waals surface area (Å²) in [5.41, 5.74) is 4.53. The number of nitrogens with one attached hydrogen (secondary N) is 2. The van der Waals surface area contributed by atoms with Crippen LogP contribution in [0.25, 0.3) is 0 Å². The van der Waals surface area contributed by atoms with Crippen LogP contribution in [0.15, 0.2) is 60.9 Å². The third kappa shape index (κ3) is 3.21. The van der Waals surface area contributed by atoms with Gasteiger partial charge in [-0.25, -0.2) is 0 Å². The van der Waals surface area contributed by atoms with Crippen molar-refractivity contribution in [3.05, 3.63) is 77.9 Å². The van der Waals surface area contributed by atoms with Crippen molar-refractivity contribution in [1.29, 1.82) is 0 Å². The molecule has 0 atom stereocenters. The fourth-order valence-corrected chi connectivity index (χ4v) is 2.91. The number of anilines is 1. The summed E-state index contributed by atoms with van der Waals surface area (Å²) in [6.45, 7) is 1.00. The van der Waals surface area contributed by atoms with E-state index in [0.29, 0.717) is 13.1 Å². The molecule has 0 spiro atoms. The maximum atomic E-state index is 5.43. The number of benzene rings is 1. The summed E-state index contributed by atoms with van der Waals surface area (Å²) in [6.07, 6.45) is 14.8. The second-order valence-corrected chi connectivity index (χ2v) is 5.54. The highest BCUT2D eigenvalue weighted by atomic mass is 15.1. The van der Waals surface area contributed by atoms with E-state index in [1.165, 1.54) is 5.56 Å². The number of hydrogen-bond donors (Lipinski definition) is 2. The summed E-state index contributed by atoms with van der Waals surface area (Å²) < 4.78 is 0. The molecule has 0 radical (unpaired) electrons. The van der Waals surface area contributed by atoms with Gasteiger partial charge in [0.05, 0.1) is 19.0 Å². The summed E-state index contributed by atoms with van der Waals surface area (Å²) in [6, 6.07) is 16.6. The molecule has 2 heterocycles. The Bertz CT molecular complexity index is 778. The molecule has 0 amide bonds. The molecule has 0 saturated carbocycles. The molecule has 3 aromatic rings. The molecule has 118 valence electrons. The second-order valence-electron chi connectivity index (χ2n) is 5.54. The van der Waals surface area contributed by atoms with Crippen LogP contribution in [0.2, 0.25) is 0 Å². The van der Waals surface area contributed by atoms with Gasteiger partial charge in [0.15, 0.2) is 0 Å². The van der Waals surface area contributed by atoms with Crippen LogP contribution in [0.3, 0.4) is 0 Å². The SMILES string of the molecule is C#CCN(CC#C)c1ccc(C(c2ccc[nH]2)c2ccc[nH]2)cc1. The number of aromatic amines is 2. The average molecular weight is 313 g/mol. The zero-order valence-corrected chi connectivity index (χ0v) is 13.4. The Morgan fingerprint density at radius 3 is 1.79 bits per heavy atom. The standard InChI is InChI=1S/C21H19N3/c1-3-15-24(16-4-2)18-11-9-17(10-12-18)21(19-7-5-13-22-19)20-8-6-14-23-20/h1-2,5-14,21-23H,15-16H2. The lowest BCUT2D eigenvalue weighted by Crippen LogP contribution is -2.23. The molecule has 24 heavy (non-hydrogen) atoms. The number of hydrogen-bond acceptors (Lipinski definition) is 1. The summed E-state index contributed by atoms with van der Waals surface area (Å²) >= 11 is 0. The molecule has 0 aliphatic heterocycles. The first-order valence-electron chi connectivity index (χ1n) is 7.82. The van der Waals surface area contributed by atoms with Gasteiger partial charge < -0.3 is 14.9 Å². The second kappa shape index (κ2) is 7.31. The third-order valence-electron chi connectivity index (χ3n) is 4.02. The highest BCUT2D eigenvalue weighted by molar-refractivity contribution is 5.52. The highest BCUT2D eigenvalue weighted by Gasteiger charge is 2.18. The topological polar surface area (TPSA) is 34.8 Å². The largest absolute Gasteiger partial charge is 0.364 e. The van der Waals surface area contributed by atoms with Gasteiger partial charge in [-0.05, 0) is 42.0 Å². The van der Waals surface area contributed by atoms with Gasteiger partial charge in [-0.2, -0.15) is 0 Å². The van der Waals surface area contributed by atoms with E-state index in [-0.39, 0.29) is 5.92 Å². The molecular weight excluding hydrogens is 294 g/mol. The highest BCUT2D eigenvalue weighted by Crippen LogP contribution is 2.31. The monoisotopic (exact) mass is 313 g/mol. The van der Waals surface area contributed by atoms with E-state index in [4.69, 9.17) is 12.8 Å². The Labute approximate surface area is 142 Å². The van der Waals surface area contributed by atoms with Crippen molar-refractivity contribution in [3.63, 3.8) is 0 Å². The van der Waals surface area contributed by atoms with E-state index < -0.39 is 0 Å². The van der Waals surface area contributed by atoms with E-state index in [2.05, 4.69) is 58.2 Å². The lowest BCUT2D eigenvalue weighted by atomic mass is 9.92. The van der Waals surface area contributed by atoms with Crippen molar-refractivity contribution in [2.24, 2.45) is 0 Å². The Hall–Kier alpha value is -3.30. The van der Waals surface area contributed by atoms with E-state index in [1.54, 1.807) is 0 Å². The van der Waals surface area contributed by atoms with Crippen LogP contribution in [0.5, 0.6) is 0 Å². The zero-order valence-electron chi connectivity index (χ0n) is 13.4. The van der Waals surface area contributed by atoms with Crippen LogP contribution in [0.1, 0.15) is 22.9 Å². The van der Waals surface area contributed by atoms with E-state index >= 15 is 0 Å². The number of rotatable bonds is 6. The van der Waals surface area contributed by atoms with Gasteiger partial charge >= 0.3 is 0 Å². The summed E-state index contributed by atoms with van der Waals surface area (Å²) in [5, 5.41) is 0. The molecule has 0 saturated heterocycles. The first kappa shape index (κ1) is 15.6. The minimum atomic E-state index is 0.137. The van der Waals surface area contributed by atoms with Crippen LogP contribution in [-0.2, 0) is 0 Å². The van der Waals surface area contributed by atoms with Crippen molar-refractivity contribution in [1.82, 2.24) is 9.97 Å². The fourth-order valence-electron chi connectivity index (χ4n) is 2.91. The van der Waals surface area contributed by atoms with Gasteiger partial charge in [0, 0.05) is 29.5 Å². The molecule has 0 bridgehead atoms. The van der Waals surface area contributed by atoms with Crippen molar-refractivity contribution < 1.29 is 0 Å². The molecule has 3 rings (SSSR count). The third-order valence-corrected chi connectivity index (χ3v) is 4.02. The predicted octanol–water partition coefficient (Wildman–Crippen LogP) is 3.60. The van der Waals surface area contributed by atoms with E-state index in [1.807, 2.05) is 29.4 Å². The fraction of sp³-hybridized carbons (Fsp3) is 0.143. The normalized spacial score (nSPS) is 10.3. The average Bonchev–Trinajstić information content (AvgIpc) is 3.30. The van der Waals surface area contributed by atoms with Crippen LogP contribution in [0.4, 0.5) is 5.69 Å². The quantitative estimate of drug-likeness (QED) is 0.670. The Balaban J connectivity index is 1.93. The van der Waals surface area contributed by atoms with Crippen LogP contribution in [0, 0.1) is 24.7 Å². The number of aromatic nitrogens is 2. The van der Waals surface area contributed by atoms with Gasteiger partial charge in [-0.15, -0.1) is 12.8 Å². The van der Waals surface area contributed by atoms with Gasteiger partial charge in [0.1, 0.15) is 0 Å². The van der Waals surface area contributed by atoms with Gasteiger partial charge in [-0.1, -0.05) is 24.0 Å². The predicted molar refractivity (Wildman–Crippen MR) is 98.9 cm³/mol. The molecule has 2 N–H and O–H groups in total. The van der Waals surface area contributed by atoms with Gasteiger partial charge in [0.25, 0.3) is 0 Å². The molecule has 0 aliphatic rings. The van der Waals surface area contributed by atoms with Crippen molar-refractivity contribution in [2.75, 3.05) is 18.0 Å². The van der Waals surface area contributed by atoms with Crippen molar-refractivity contribution in [3.8, 4) is 24.7 Å². The molecule has 2 aromatic heterocycles.